The maximum Gasteiger partial charge on any atom is 0.257 e. The van der Waals surface area contributed by atoms with Crippen molar-refractivity contribution in [2.75, 3.05) is 13.2 Å². The van der Waals surface area contributed by atoms with E-state index in [9.17, 15) is 13.6 Å². The number of ether oxygens (including phenoxy) is 1. The number of H-pyrrole nitrogens is 1. The lowest BCUT2D eigenvalue weighted by Crippen LogP contribution is -2.30. The van der Waals surface area contributed by atoms with Gasteiger partial charge in [-0.1, -0.05) is 0 Å². The fourth-order valence-electron chi connectivity index (χ4n) is 1.70. The normalized spacial score (nSPS) is 10.4. The van der Waals surface area contributed by atoms with Gasteiger partial charge in [0.15, 0.2) is 18.2 Å². The Morgan fingerprint density at radius 2 is 2.24 bits per heavy atom. The average molecular weight is 295 g/mol. The molecule has 0 atom stereocenters. The van der Waals surface area contributed by atoms with E-state index in [1.165, 1.54) is 0 Å². The number of hydrogen-bond donors (Lipinski definition) is 2. The molecule has 7 heteroatoms. The van der Waals surface area contributed by atoms with Crippen LogP contribution in [0.1, 0.15) is 12.2 Å². The molecule has 0 bridgehead atoms. The molecular formula is C14H15F2N3O2. The van der Waals surface area contributed by atoms with Crippen molar-refractivity contribution in [2.24, 2.45) is 0 Å². The van der Waals surface area contributed by atoms with Crippen LogP contribution in [-0.2, 0) is 11.2 Å². The van der Waals surface area contributed by atoms with E-state index in [4.69, 9.17) is 4.74 Å². The Kier molecular flexibility index (Phi) is 5.25. The number of imidazole rings is 1. The molecule has 0 fully saturated rings. The van der Waals surface area contributed by atoms with Gasteiger partial charge in [-0.25, -0.2) is 13.8 Å². The third-order valence-electron chi connectivity index (χ3n) is 2.72. The van der Waals surface area contributed by atoms with Gasteiger partial charge in [0.2, 0.25) is 0 Å². The van der Waals surface area contributed by atoms with Gasteiger partial charge in [-0.3, -0.25) is 4.79 Å². The summed E-state index contributed by atoms with van der Waals surface area (Å²) in [7, 11) is 0. The molecule has 0 unspecified atom stereocenters. The van der Waals surface area contributed by atoms with Gasteiger partial charge in [0.1, 0.15) is 11.6 Å². The second-order valence-electron chi connectivity index (χ2n) is 4.35. The number of carbonyl (C=O) groups is 1. The fourth-order valence-corrected chi connectivity index (χ4v) is 1.70. The highest BCUT2D eigenvalue weighted by atomic mass is 19.1. The zero-order chi connectivity index (χ0) is 15.1. The molecule has 112 valence electrons. The van der Waals surface area contributed by atoms with E-state index in [0.29, 0.717) is 12.6 Å². The Morgan fingerprint density at radius 1 is 1.38 bits per heavy atom. The largest absolute Gasteiger partial charge is 0.481 e. The molecule has 0 aliphatic heterocycles. The van der Waals surface area contributed by atoms with Gasteiger partial charge >= 0.3 is 0 Å². The minimum atomic E-state index is -0.833. The summed E-state index contributed by atoms with van der Waals surface area (Å²) in [4.78, 5) is 18.5. The predicted octanol–water partition coefficient (Wildman–Crippen LogP) is 1.82. The standard InChI is InChI=1S/C14H15F2N3O2/c15-10-3-4-12(11(16)8-10)21-9-14(20)19-5-1-2-13-17-6-7-18-13/h3-4,6-8H,1-2,5,9H2,(H,17,18)(H,19,20). The molecule has 0 saturated carbocycles. The van der Waals surface area contributed by atoms with Crippen LogP contribution in [0.25, 0.3) is 0 Å². The van der Waals surface area contributed by atoms with Crippen LogP contribution in [-0.4, -0.2) is 29.0 Å². The van der Waals surface area contributed by atoms with Crippen LogP contribution in [0.3, 0.4) is 0 Å². The zero-order valence-corrected chi connectivity index (χ0v) is 11.2. The van der Waals surface area contributed by atoms with E-state index in [-0.39, 0.29) is 18.3 Å². The number of aromatic amines is 1. The smallest absolute Gasteiger partial charge is 0.257 e. The monoisotopic (exact) mass is 295 g/mol. The first-order valence-corrected chi connectivity index (χ1v) is 6.48. The molecule has 1 heterocycles. The second-order valence-corrected chi connectivity index (χ2v) is 4.35. The molecule has 2 rings (SSSR count). The van der Waals surface area contributed by atoms with Crippen molar-refractivity contribution in [1.82, 2.24) is 15.3 Å². The van der Waals surface area contributed by atoms with E-state index < -0.39 is 11.6 Å². The van der Waals surface area contributed by atoms with Crippen LogP contribution < -0.4 is 10.1 Å². The summed E-state index contributed by atoms with van der Waals surface area (Å²) in [6, 6.07) is 2.92. The van der Waals surface area contributed by atoms with Crippen molar-refractivity contribution in [3.05, 3.63) is 48.1 Å². The molecule has 0 aliphatic rings. The Balaban J connectivity index is 1.65. The SMILES string of the molecule is O=C(COc1ccc(F)cc1F)NCCCc1ncc[nH]1. The Hall–Kier alpha value is -2.44. The van der Waals surface area contributed by atoms with E-state index in [2.05, 4.69) is 15.3 Å². The molecule has 5 nitrogen and oxygen atoms in total. The van der Waals surface area contributed by atoms with E-state index in [1.54, 1.807) is 12.4 Å². The summed E-state index contributed by atoms with van der Waals surface area (Å²) in [6.45, 7) is 0.151. The molecule has 2 aromatic rings. The number of nitrogens with zero attached hydrogens (tertiary/aromatic N) is 1. The number of hydrogen-bond acceptors (Lipinski definition) is 3. The van der Waals surface area contributed by atoms with Crippen LogP contribution in [0.2, 0.25) is 0 Å². The summed E-state index contributed by atoms with van der Waals surface area (Å²) < 4.78 is 30.9. The molecule has 0 spiro atoms. The fraction of sp³-hybridized carbons (Fsp3) is 0.286. The number of halogens is 2. The van der Waals surface area contributed by atoms with Gasteiger partial charge in [0.25, 0.3) is 5.91 Å². The van der Waals surface area contributed by atoms with E-state index in [0.717, 1.165) is 30.8 Å². The van der Waals surface area contributed by atoms with Gasteiger partial charge in [0.05, 0.1) is 0 Å². The van der Waals surface area contributed by atoms with E-state index >= 15 is 0 Å². The van der Waals surface area contributed by atoms with Crippen LogP contribution in [0, 0.1) is 11.6 Å². The lowest BCUT2D eigenvalue weighted by molar-refractivity contribution is -0.123. The van der Waals surface area contributed by atoms with Gasteiger partial charge < -0.3 is 15.0 Å². The van der Waals surface area contributed by atoms with Crippen molar-refractivity contribution in [3.63, 3.8) is 0 Å². The molecule has 1 aromatic heterocycles. The van der Waals surface area contributed by atoms with Crippen LogP contribution in [0.4, 0.5) is 8.78 Å². The predicted molar refractivity (Wildman–Crippen MR) is 71.8 cm³/mol. The lowest BCUT2D eigenvalue weighted by atomic mass is 10.3. The number of nitrogens with one attached hydrogen (secondary N) is 2. The molecule has 0 saturated heterocycles. The third kappa shape index (κ3) is 4.87. The maximum atomic E-state index is 13.3. The molecule has 1 amide bonds. The van der Waals surface area contributed by atoms with Crippen LogP contribution in [0.15, 0.2) is 30.6 Å². The number of benzene rings is 1. The van der Waals surface area contributed by atoms with Gasteiger partial charge in [-0.05, 0) is 18.6 Å². The number of aromatic nitrogens is 2. The summed E-state index contributed by atoms with van der Waals surface area (Å²) in [5.41, 5.74) is 0. The quantitative estimate of drug-likeness (QED) is 0.766. The highest BCUT2D eigenvalue weighted by Gasteiger charge is 2.07. The Bertz CT molecular complexity index is 588. The van der Waals surface area contributed by atoms with E-state index in [1.807, 2.05) is 0 Å². The second kappa shape index (κ2) is 7.37. The van der Waals surface area contributed by atoms with Gasteiger partial charge in [0, 0.05) is 31.4 Å². The summed E-state index contributed by atoms with van der Waals surface area (Å²) in [5, 5.41) is 2.64. The molecule has 2 N–H and O–H groups in total. The maximum absolute atomic E-state index is 13.3. The highest BCUT2D eigenvalue weighted by molar-refractivity contribution is 5.77. The van der Waals surface area contributed by atoms with Crippen molar-refractivity contribution >= 4 is 5.91 Å². The first-order valence-electron chi connectivity index (χ1n) is 6.48. The van der Waals surface area contributed by atoms with Crippen LogP contribution >= 0.6 is 0 Å². The topological polar surface area (TPSA) is 67.0 Å². The average Bonchev–Trinajstić information content (AvgIpc) is 2.96. The van der Waals surface area contributed by atoms with Crippen molar-refractivity contribution in [2.45, 2.75) is 12.8 Å². The van der Waals surface area contributed by atoms with Crippen LogP contribution in [0.5, 0.6) is 5.75 Å². The zero-order valence-electron chi connectivity index (χ0n) is 11.2. The van der Waals surface area contributed by atoms with Crippen molar-refractivity contribution in [1.29, 1.82) is 0 Å². The lowest BCUT2D eigenvalue weighted by Gasteiger charge is -2.08. The first kappa shape index (κ1) is 15.0. The summed E-state index contributed by atoms with van der Waals surface area (Å²) in [6.07, 6.45) is 4.85. The number of aryl methyl sites for hydroxylation is 1. The van der Waals surface area contributed by atoms with Gasteiger partial charge in [-0.2, -0.15) is 0 Å². The molecule has 1 aromatic carbocycles. The minimum absolute atomic E-state index is 0.151. The summed E-state index contributed by atoms with van der Waals surface area (Å²) in [5.74, 6) is -1.18. The molecular weight excluding hydrogens is 280 g/mol. The summed E-state index contributed by atoms with van der Waals surface area (Å²) >= 11 is 0. The van der Waals surface area contributed by atoms with Crippen molar-refractivity contribution < 1.29 is 18.3 Å². The number of amides is 1. The molecule has 0 aliphatic carbocycles. The van der Waals surface area contributed by atoms with Gasteiger partial charge in [-0.15, -0.1) is 0 Å². The Morgan fingerprint density at radius 3 is 2.95 bits per heavy atom. The minimum Gasteiger partial charge on any atom is -0.481 e. The first-order chi connectivity index (χ1) is 10.1. The van der Waals surface area contributed by atoms with Crippen molar-refractivity contribution in [3.8, 4) is 5.75 Å². The number of rotatable bonds is 7. The number of carbonyl (C=O) groups excluding carboxylic acids is 1. The third-order valence-corrected chi connectivity index (χ3v) is 2.72. The molecule has 0 radical (unpaired) electrons. The highest BCUT2D eigenvalue weighted by Crippen LogP contribution is 2.17. The molecule has 21 heavy (non-hydrogen) atoms. The Labute approximate surface area is 120 Å².